The van der Waals surface area contributed by atoms with Crippen LogP contribution < -0.4 is 5.73 Å². The van der Waals surface area contributed by atoms with Gasteiger partial charge in [-0.1, -0.05) is 25.0 Å². The topological polar surface area (TPSA) is 46.3 Å². The average Bonchev–Trinajstić information content (AvgIpc) is 2.90. The lowest BCUT2D eigenvalue weighted by Gasteiger charge is -2.38. The minimum absolute atomic E-state index is 0.303. The van der Waals surface area contributed by atoms with E-state index in [9.17, 15) is 4.79 Å². The zero-order chi connectivity index (χ0) is 13.0. The van der Waals surface area contributed by atoms with Crippen molar-refractivity contribution in [2.24, 2.45) is 17.6 Å². The molecule has 2 rings (SSSR count). The maximum Gasteiger partial charge on any atom is 0.223 e. The molecule has 1 fully saturated rings. The standard InChI is InChI=1S/C15H26N2O/c1-17(14-9-5-4-8-13(14)11-16)15(18)10-12-6-2-3-7-12/h2,6,12-14H,3-5,7-11,16H2,1H3. The smallest absolute Gasteiger partial charge is 0.223 e. The van der Waals surface area contributed by atoms with E-state index in [0.717, 1.165) is 19.3 Å². The molecular weight excluding hydrogens is 224 g/mol. The van der Waals surface area contributed by atoms with Gasteiger partial charge in [0.15, 0.2) is 0 Å². The first-order chi connectivity index (χ1) is 8.72. The molecule has 0 aromatic rings. The summed E-state index contributed by atoms with van der Waals surface area (Å²) in [6, 6.07) is 0.377. The van der Waals surface area contributed by atoms with Crippen molar-refractivity contribution in [3.8, 4) is 0 Å². The summed E-state index contributed by atoms with van der Waals surface area (Å²) < 4.78 is 0. The highest BCUT2D eigenvalue weighted by molar-refractivity contribution is 5.76. The number of allylic oxidation sites excluding steroid dienone is 2. The van der Waals surface area contributed by atoms with E-state index in [1.165, 1.54) is 19.3 Å². The molecule has 0 heterocycles. The van der Waals surface area contributed by atoms with Gasteiger partial charge in [0.05, 0.1) is 0 Å². The SMILES string of the molecule is CN(C(=O)CC1C=CCC1)C1CCCCC1CN. The lowest BCUT2D eigenvalue weighted by molar-refractivity contribution is -0.134. The third kappa shape index (κ3) is 3.14. The summed E-state index contributed by atoms with van der Waals surface area (Å²) in [4.78, 5) is 14.3. The molecule has 1 saturated carbocycles. The molecule has 0 radical (unpaired) electrons. The van der Waals surface area contributed by atoms with Crippen LogP contribution in [0.2, 0.25) is 0 Å². The molecule has 0 bridgehead atoms. The van der Waals surface area contributed by atoms with Gasteiger partial charge in [-0.05, 0) is 44.1 Å². The average molecular weight is 250 g/mol. The largest absolute Gasteiger partial charge is 0.342 e. The maximum absolute atomic E-state index is 12.3. The Balaban J connectivity index is 1.89. The van der Waals surface area contributed by atoms with Crippen LogP contribution in [0, 0.1) is 11.8 Å². The van der Waals surface area contributed by atoms with Crippen molar-refractivity contribution in [1.29, 1.82) is 0 Å². The number of rotatable bonds is 4. The molecule has 0 aromatic carbocycles. The number of carbonyl (C=O) groups is 1. The molecule has 0 saturated heterocycles. The van der Waals surface area contributed by atoms with Crippen molar-refractivity contribution < 1.29 is 4.79 Å². The van der Waals surface area contributed by atoms with Crippen LogP contribution in [0.1, 0.15) is 44.9 Å². The van der Waals surface area contributed by atoms with Crippen molar-refractivity contribution in [2.45, 2.75) is 51.0 Å². The van der Waals surface area contributed by atoms with Crippen molar-refractivity contribution >= 4 is 5.91 Å². The summed E-state index contributed by atoms with van der Waals surface area (Å²) in [5.41, 5.74) is 5.85. The molecule has 3 atom stereocenters. The zero-order valence-corrected chi connectivity index (χ0v) is 11.5. The van der Waals surface area contributed by atoms with Crippen LogP contribution in [-0.4, -0.2) is 30.4 Å². The second kappa shape index (κ2) is 6.37. The van der Waals surface area contributed by atoms with E-state index in [-0.39, 0.29) is 0 Å². The molecule has 1 amide bonds. The van der Waals surface area contributed by atoms with Crippen LogP contribution in [0.15, 0.2) is 12.2 Å². The Hall–Kier alpha value is -0.830. The molecule has 0 aliphatic heterocycles. The predicted octanol–water partition coefficient (Wildman–Crippen LogP) is 2.32. The fourth-order valence-electron chi connectivity index (χ4n) is 3.39. The quantitative estimate of drug-likeness (QED) is 0.778. The van der Waals surface area contributed by atoms with Crippen LogP contribution in [-0.2, 0) is 4.79 Å². The Bertz CT molecular complexity index is 314. The summed E-state index contributed by atoms with van der Waals surface area (Å²) in [6.45, 7) is 0.714. The number of nitrogens with two attached hydrogens (primary N) is 1. The Labute approximate surface area is 110 Å². The molecule has 3 nitrogen and oxygen atoms in total. The zero-order valence-electron chi connectivity index (χ0n) is 11.5. The Morgan fingerprint density at radius 3 is 2.78 bits per heavy atom. The van der Waals surface area contributed by atoms with Gasteiger partial charge in [0.25, 0.3) is 0 Å². The van der Waals surface area contributed by atoms with Crippen LogP contribution in [0.25, 0.3) is 0 Å². The predicted molar refractivity (Wildman–Crippen MR) is 74.1 cm³/mol. The van der Waals surface area contributed by atoms with Crippen molar-refractivity contribution in [3.63, 3.8) is 0 Å². The Kier molecular flexibility index (Phi) is 4.81. The summed E-state index contributed by atoms with van der Waals surface area (Å²) in [7, 11) is 1.97. The second-order valence-electron chi connectivity index (χ2n) is 5.82. The molecule has 2 aliphatic rings. The van der Waals surface area contributed by atoms with E-state index < -0.39 is 0 Å². The fourth-order valence-corrected chi connectivity index (χ4v) is 3.39. The van der Waals surface area contributed by atoms with Crippen LogP contribution in [0.4, 0.5) is 0 Å². The molecular formula is C15H26N2O. The summed E-state index contributed by atoms with van der Waals surface area (Å²) >= 11 is 0. The molecule has 3 heteroatoms. The van der Waals surface area contributed by atoms with Crippen molar-refractivity contribution in [1.82, 2.24) is 4.90 Å². The highest BCUT2D eigenvalue weighted by Crippen LogP contribution is 2.29. The monoisotopic (exact) mass is 250 g/mol. The third-order valence-electron chi connectivity index (χ3n) is 4.61. The van der Waals surface area contributed by atoms with E-state index in [1.807, 2.05) is 11.9 Å². The first kappa shape index (κ1) is 13.6. The van der Waals surface area contributed by atoms with Gasteiger partial charge in [-0.2, -0.15) is 0 Å². The number of hydrogen-bond donors (Lipinski definition) is 1. The minimum atomic E-state index is 0.303. The molecule has 0 aromatic heterocycles. The third-order valence-corrected chi connectivity index (χ3v) is 4.61. The van der Waals surface area contributed by atoms with Gasteiger partial charge >= 0.3 is 0 Å². The van der Waals surface area contributed by atoms with Gasteiger partial charge in [0.2, 0.25) is 5.91 Å². The molecule has 2 aliphatic carbocycles. The summed E-state index contributed by atoms with van der Waals surface area (Å²) in [5, 5.41) is 0. The highest BCUT2D eigenvalue weighted by Gasteiger charge is 2.30. The molecule has 3 unspecified atom stereocenters. The highest BCUT2D eigenvalue weighted by atomic mass is 16.2. The van der Waals surface area contributed by atoms with Gasteiger partial charge in [0.1, 0.15) is 0 Å². The van der Waals surface area contributed by atoms with Crippen molar-refractivity contribution in [3.05, 3.63) is 12.2 Å². The minimum Gasteiger partial charge on any atom is -0.342 e. The van der Waals surface area contributed by atoms with E-state index >= 15 is 0 Å². The van der Waals surface area contributed by atoms with Crippen molar-refractivity contribution in [2.75, 3.05) is 13.6 Å². The number of carbonyl (C=O) groups excluding carboxylic acids is 1. The summed E-state index contributed by atoms with van der Waals surface area (Å²) in [6.07, 6.45) is 12.2. The van der Waals surface area contributed by atoms with Crippen LogP contribution in [0.5, 0.6) is 0 Å². The van der Waals surface area contributed by atoms with Gasteiger partial charge in [-0.25, -0.2) is 0 Å². The Morgan fingerprint density at radius 1 is 1.33 bits per heavy atom. The number of hydrogen-bond acceptors (Lipinski definition) is 2. The fraction of sp³-hybridized carbons (Fsp3) is 0.800. The van der Waals surface area contributed by atoms with Crippen LogP contribution in [0.3, 0.4) is 0 Å². The molecule has 0 spiro atoms. The van der Waals surface area contributed by atoms with E-state index in [0.29, 0.717) is 36.8 Å². The molecule has 2 N–H and O–H groups in total. The van der Waals surface area contributed by atoms with Gasteiger partial charge in [0, 0.05) is 19.5 Å². The van der Waals surface area contributed by atoms with E-state index in [4.69, 9.17) is 5.73 Å². The molecule has 102 valence electrons. The van der Waals surface area contributed by atoms with Gasteiger partial charge in [-0.15, -0.1) is 0 Å². The van der Waals surface area contributed by atoms with Gasteiger partial charge in [-0.3, -0.25) is 4.79 Å². The molecule has 18 heavy (non-hydrogen) atoms. The summed E-state index contributed by atoms with van der Waals surface area (Å²) in [5.74, 6) is 1.28. The van der Waals surface area contributed by atoms with Crippen LogP contribution >= 0.6 is 0 Å². The van der Waals surface area contributed by atoms with Gasteiger partial charge < -0.3 is 10.6 Å². The Morgan fingerprint density at radius 2 is 2.11 bits per heavy atom. The maximum atomic E-state index is 12.3. The first-order valence-corrected chi connectivity index (χ1v) is 7.34. The second-order valence-corrected chi connectivity index (χ2v) is 5.82. The van der Waals surface area contributed by atoms with E-state index in [1.54, 1.807) is 0 Å². The number of amides is 1. The normalized spacial score (nSPS) is 31.6. The lowest BCUT2D eigenvalue weighted by atomic mass is 9.83. The first-order valence-electron chi connectivity index (χ1n) is 7.34. The number of nitrogens with zero attached hydrogens (tertiary/aromatic N) is 1. The lowest BCUT2D eigenvalue weighted by Crippen LogP contribution is -2.46. The van der Waals surface area contributed by atoms with E-state index in [2.05, 4.69) is 12.2 Å².